The van der Waals surface area contributed by atoms with Crippen molar-refractivity contribution in [3.05, 3.63) is 70.3 Å². The molecule has 5 rings (SSSR count). The molecule has 4 unspecified atom stereocenters. The summed E-state index contributed by atoms with van der Waals surface area (Å²) in [7, 11) is 0. The van der Waals surface area contributed by atoms with Crippen molar-refractivity contribution >= 4 is 46.4 Å². The van der Waals surface area contributed by atoms with E-state index in [1.807, 2.05) is 12.2 Å². The molecule has 0 aliphatic carbocycles. The molecular weight excluding hydrogens is 649 g/mol. The van der Waals surface area contributed by atoms with Gasteiger partial charge in [-0.15, -0.1) is 0 Å². The molecule has 0 amide bonds. The molecule has 5 heterocycles. The standard InChI is InChI=1S/C44H62N4O4/c1-9-13-25-49-31(5)39-29-37-21-17-35-19-23-41(45-35)42-24-20-36(46-42)18-22-38-30-40(32(6)50-26-14-10-2)44(48(38)34(8)52-28-16-12-4)43(39)47(37)33(7)51-27-15-11-3/h17-24,29-34H,9-16,25-28H2,1-8H3. The minimum Gasteiger partial charge on any atom is -0.374 e. The molecule has 282 valence electrons. The summed E-state index contributed by atoms with van der Waals surface area (Å²) in [5.74, 6) is 0. The van der Waals surface area contributed by atoms with Crippen LogP contribution in [0.1, 0.15) is 165 Å². The Balaban J connectivity index is 1.96. The number of ether oxygens (including phenoxy) is 4. The normalized spacial score (nSPS) is 14.9. The highest BCUT2D eigenvalue weighted by atomic mass is 16.5. The molecule has 0 N–H and O–H groups in total. The van der Waals surface area contributed by atoms with Gasteiger partial charge in [-0.3, -0.25) is 0 Å². The first kappa shape index (κ1) is 39.6. The van der Waals surface area contributed by atoms with E-state index < -0.39 is 0 Å². The SMILES string of the molecule is CCCCOC(C)c1cc2ccc3nc(c4nc(ccc5cc(C(C)OCCCC)c(c1n2C(C)OCCCC)n5C(C)OCCCC)C=C4)C=C3. The molecule has 0 aromatic carbocycles. The molecule has 8 bridgehead atoms. The smallest absolute Gasteiger partial charge is 0.131 e. The van der Waals surface area contributed by atoms with E-state index in [1.54, 1.807) is 0 Å². The van der Waals surface area contributed by atoms with Gasteiger partial charge in [0.25, 0.3) is 0 Å². The summed E-state index contributed by atoms with van der Waals surface area (Å²) in [6.07, 6.45) is 15.6. The molecule has 0 saturated carbocycles. The van der Waals surface area contributed by atoms with Gasteiger partial charge >= 0.3 is 0 Å². The number of nitrogens with zero attached hydrogens (tertiary/aromatic N) is 4. The lowest BCUT2D eigenvalue weighted by atomic mass is 10.1. The first-order valence-corrected chi connectivity index (χ1v) is 19.9. The lowest BCUT2D eigenvalue weighted by Crippen LogP contribution is -2.15. The summed E-state index contributed by atoms with van der Waals surface area (Å²) in [6, 6.07) is 13.1. The van der Waals surface area contributed by atoms with Crippen molar-refractivity contribution in [3.63, 3.8) is 0 Å². The fourth-order valence-electron chi connectivity index (χ4n) is 6.79. The molecule has 52 heavy (non-hydrogen) atoms. The fraction of sp³-hybridized carbons (Fsp3) is 0.545. The van der Waals surface area contributed by atoms with Crippen molar-refractivity contribution in [3.8, 4) is 0 Å². The van der Waals surface area contributed by atoms with Crippen molar-refractivity contribution in [2.75, 3.05) is 26.4 Å². The molecular formula is C44H62N4O4. The maximum atomic E-state index is 6.66. The predicted molar refractivity (Wildman–Crippen MR) is 216 cm³/mol. The zero-order valence-corrected chi connectivity index (χ0v) is 33.0. The molecule has 0 saturated heterocycles. The predicted octanol–water partition coefficient (Wildman–Crippen LogP) is 12.0. The van der Waals surface area contributed by atoms with Crippen molar-refractivity contribution in [2.45, 2.75) is 131 Å². The highest BCUT2D eigenvalue weighted by Gasteiger charge is 2.26. The second-order valence-corrected chi connectivity index (χ2v) is 14.0. The van der Waals surface area contributed by atoms with Crippen molar-refractivity contribution in [2.24, 2.45) is 0 Å². The number of unbranched alkanes of at least 4 members (excludes halogenated alkanes) is 4. The molecule has 4 atom stereocenters. The quantitative estimate of drug-likeness (QED) is 0.0749. The zero-order chi connectivity index (χ0) is 37.0. The Morgan fingerprint density at radius 2 is 0.865 bits per heavy atom. The van der Waals surface area contributed by atoms with Gasteiger partial charge in [0, 0.05) is 48.6 Å². The summed E-state index contributed by atoms with van der Waals surface area (Å²) < 4.78 is 31.3. The Labute approximate surface area is 311 Å². The third-order valence-corrected chi connectivity index (χ3v) is 9.90. The van der Waals surface area contributed by atoms with Gasteiger partial charge in [0.15, 0.2) is 0 Å². The van der Waals surface area contributed by atoms with Gasteiger partial charge in [-0.25, -0.2) is 9.97 Å². The van der Waals surface area contributed by atoms with Crippen LogP contribution >= 0.6 is 0 Å². The third kappa shape index (κ3) is 9.51. The van der Waals surface area contributed by atoms with Crippen LogP contribution in [0.4, 0.5) is 0 Å². The Morgan fingerprint density at radius 1 is 0.500 bits per heavy atom. The maximum Gasteiger partial charge on any atom is 0.131 e. The fourth-order valence-corrected chi connectivity index (χ4v) is 6.79. The summed E-state index contributed by atoms with van der Waals surface area (Å²) in [4.78, 5) is 9.87. The summed E-state index contributed by atoms with van der Waals surface area (Å²) in [5.41, 5.74) is 9.90. The zero-order valence-electron chi connectivity index (χ0n) is 33.0. The topological polar surface area (TPSA) is 72.6 Å². The van der Waals surface area contributed by atoms with Gasteiger partial charge in [-0.2, -0.15) is 0 Å². The lowest BCUT2D eigenvalue weighted by molar-refractivity contribution is 0.0177. The van der Waals surface area contributed by atoms with Crippen LogP contribution in [0.2, 0.25) is 0 Å². The first-order chi connectivity index (χ1) is 25.3. The third-order valence-electron chi connectivity index (χ3n) is 9.90. The van der Waals surface area contributed by atoms with Crippen LogP contribution in [0.25, 0.3) is 46.4 Å². The minimum absolute atomic E-state index is 0.169. The molecule has 8 nitrogen and oxygen atoms in total. The molecule has 0 spiro atoms. The van der Waals surface area contributed by atoms with E-state index in [4.69, 9.17) is 28.9 Å². The Hall–Kier alpha value is -3.56. The number of hydrogen-bond donors (Lipinski definition) is 0. The van der Waals surface area contributed by atoms with Crippen molar-refractivity contribution in [1.29, 1.82) is 0 Å². The summed E-state index contributed by atoms with van der Waals surface area (Å²) >= 11 is 0. The molecule has 2 aliphatic heterocycles. The van der Waals surface area contributed by atoms with E-state index in [9.17, 15) is 0 Å². The number of hydrogen-bond acceptors (Lipinski definition) is 6. The van der Waals surface area contributed by atoms with E-state index in [1.165, 1.54) is 0 Å². The van der Waals surface area contributed by atoms with Crippen molar-refractivity contribution in [1.82, 2.24) is 19.1 Å². The summed E-state index contributed by atoms with van der Waals surface area (Å²) in [6.45, 7) is 20.2. The number of rotatable bonds is 20. The van der Waals surface area contributed by atoms with Crippen LogP contribution in [0.15, 0.2) is 36.4 Å². The van der Waals surface area contributed by atoms with Gasteiger partial charge in [0.2, 0.25) is 0 Å². The average Bonchev–Trinajstić information content (AvgIpc) is 3.94. The molecule has 2 aliphatic rings. The van der Waals surface area contributed by atoms with E-state index >= 15 is 0 Å². The summed E-state index contributed by atoms with van der Waals surface area (Å²) in [5, 5.41) is 0. The number of aromatic nitrogens is 4. The lowest BCUT2D eigenvalue weighted by Gasteiger charge is -2.23. The number of fused-ring (bicyclic) bond motifs is 10. The molecule has 0 fully saturated rings. The van der Waals surface area contributed by atoms with Gasteiger partial charge in [-0.1, -0.05) is 53.4 Å². The monoisotopic (exact) mass is 710 g/mol. The molecule has 0 radical (unpaired) electrons. The van der Waals surface area contributed by atoms with E-state index in [-0.39, 0.29) is 24.7 Å². The first-order valence-electron chi connectivity index (χ1n) is 19.9. The minimum atomic E-state index is -0.257. The van der Waals surface area contributed by atoms with E-state index in [2.05, 4.69) is 113 Å². The highest BCUT2D eigenvalue weighted by Crippen LogP contribution is 2.39. The van der Waals surface area contributed by atoms with Crippen molar-refractivity contribution < 1.29 is 18.9 Å². The van der Waals surface area contributed by atoms with Gasteiger partial charge in [0.1, 0.15) is 12.5 Å². The Bertz CT molecular complexity index is 1700. The van der Waals surface area contributed by atoms with E-state index in [0.717, 1.165) is 107 Å². The largest absolute Gasteiger partial charge is 0.374 e. The molecule has 8 heteroatoms. The molecule has 3 aromatic heterocycles. The Morgan fingerprint density at radius 3 is 1.23 bits per heavy atom. The van der Waals surface area contributed by atoms with Crippen LogP contribution in [-0.2, 0) is 18.9 Å². The van der Waals surface area contributed by atoms with Crippen LogP contribution in [0.5, 0.6) is 0 Å². The van der Waals surface area contributed by atoms with Gasteiger partial charge in [0.05, 0.1) is 46.0 Å². The van der Waals surface area contributed by atoms with Crippen LogP contribution < -0.4 is 0 Å². The average molecular weight is 711 g/mol. The highest BCUT2D eigenvalue weighted by molar-refractivity contribution is 5.90. The van der Waals surface area contributed by atoms with Crippen LogP contribution in [0.3, 0.4) is 0 Å². The van der Waals surface area contributed by atoms with Gasteiger partial charge in [-0.05, 0) is 114 Å². The Kier molecular flexibility index (Phi) is 14.9. The van der Waals surface area contributed by atoms with Gasteiger partial charge < -0.3 is 28.1 Å². The van der Waals surface area contributed by atoms with Crippen LogP contribution in [0, 0.1) is 0 Å². The van der Waals surface area contributed by atoms with Crippen LogP contribution in [-0.4, -0.2) is 45.5 Å². The second-order valence-electron chi connectivity index (χ2n) is 14.0. The molecule has 3 aromatic rings. The second kappa shape index (κ2) is 19.5. The van der Waals surface area contributed by atoms with E-state index in [0.29, 0.717) is 26.4 Å². The maximum absolute atomic E-state index is 6.66.